The highest BCUT2D eigenvalue weighted by atomic mass is 15.2. The second-order valence-electron chi connectivity index (χ2n) is 7.20. The largest absolute Gasteiger partial charge is 0.310 e. The normalized spacial score (nSPS) is 32.1. The summed E-state index contributed by atoms with van der Waals surface area (Å²) in [4.78, 5) is 2.74. The average Bonchev–Trinajstić information content (AvgIpc) is 2.50. The third-order valence-electron chi connectivity index (χ3n) is 5.71. The smallest absolute Gasteiger partial charge is 0.0197 e. The van der Waals surface area contributed by atoms with Crippen LogP contribution in [0, 0.1) is 5.92 Å². The molecule has 0 amide bonds. The van der Waals surface area contributed by atoms with Crippen LogP contribution in [0.25, 0.3) is 0 Å². The molecule has 1 saturated heterocycles. The van der Waals surface area contributed by atoms with Crippen LogP contribution in [-0.2, 0) is 0 Å². The van der Waals surface area contributed by atoms with Crippen molar-refractivity contribution in [3.05, 3.63) is 0 Å². The SMILES string of the molecule is CCCCN(CC1CCC2CCCCC2N1)C(C)CC. The Morgan fingerprint density at radius 3 is 2.65 bits per heavy atom. The molecule has 4 unspecified atom stereocenters. The number of piperidine rings is 1. The summed E-state index contributed by atoms with van der Waals surface area (Å²) in [5.74, 6) is 0.993. The summed E-state index contributed by atoms with van der Waals surface area (Å²) in [5, 5.41) is 4.00. The summed E-state index contributed by atoms with van der Waals surface area (Å²) >= 11 is 0. The van der Waals surface area contributed by atoms with E-state index in [2.05, 4.69) is 31.0 Å². The molecule has 0 spiro atoms. The van der Waals surface area contributed by atoms with Gasteiger partial charge in [0.1, 0.15) is 0 Å². The zero-order valence-electron chi connectivity index (χ0n) is 14.0. The van der Waals surface area contributed by atoms with Crippen LogP contribution in [0.15, 0.2) is 0 Å². The van der Waals surface area contributed by atoms with Gasteiger partial charge in [0.15, 0.2) is 0 Å². The molecule has 2 aliphatic rings. The molecule has 1 heterocycles. The molecule has 0 aromatic heterocycles. The number of nitrogens with one attached hydrogen (secondary N) is 1. The van der Waals surface area contributed by atoms with Gasteiger partial charge in [0.05, 0.1) is 0 Å². The fraction of sp³-hybridized carbons (Fsp3) is 1.00. The van der Waals surface area contributed by atoms with Gasteiger partial charge in [0, 0.05) is 24.7 Å². The van der Waals surface area contributed by atoms with E-state index in [0.717, 1.165) is 24.0 Å². The first-order valence-electron chi connectivity index (χ1n) is 9.24. The number of nitrogens with zero attached hydrogens (tertiary/aromatic N) is 1. The Morgan fingerprint density at radius 2 is 1.90 bits per heavy atom. The molecule has 1 saturated carbocycles. The van der Waals surface area contributed by atoms with Gasteiger partial charge in [0.2, 0.25) is 0 Å². The number of hydrogen-bond donors (Lipinski definition) is 1. The van der Waals surface area contributed by atoms with E-state index in [1.165, 1.54) is 70.9 Å². The molecule has 2 heteroatoms. The van der Waals surface area contributed by atoms with Gasteiger partial charge in [-0.3, -0.25) is 4.90 Å². The number of fused-ring (bicyclic) bond motifs is 1. The molecule has 1 aliphatic carbocycles. The van der Waals surface area contributed by atoms with Gasteiger partial charge in [-0.2, -0.15) is 0 Å². The van der Waals surface area contributed by atoms with E-state index in [1.54, 1.807) is 0 Å². The highest BCUT2D eigenvalue weighted by Gasteiger charge is 2.32. The number of hydrogen-bond acceptors (Lipinski definition) is 2. The quantitative estimate of drug-likeness (QED) is 0.752. The average molecular weight is 280 g/mol. The summed E-state index contributed by atoms with van der Waals surface area (Å²) in [6.45, 7) is 9.60. The monoisotopic (exact) mass is 280 g/mol. The van der Waals surface area contributed by atoms with E-state index >= 15 is 0 Å². The van der Waals surface area contributed by atoms with Gasteiger partial charge in [-0.05, 0) is 57.9 Å². The van der Waals surface area contributed by atoms with E-state index in [0.29, 0.717) is 0 Å². The lowest BCUT2D eigenvalue weighted by atomic mass is 9.77. The van der Waals surface area contributed by atoms with Crippen molar-refractivity contribution in [2.75, 3.05) is 13.1 Å². The second kappa shape index (κ2) is 8.38. The Labute approximate surface area is 126 Å². The maximum atomic E-state index is 4.00. The molecule has 1 aliphatic heterocycles. The minimum atomic E-state index is 0.743. The Morgan fingerprint density at radius 1 is 1.10 bits per heavy atom. The van der Waals surface area contributed by atoms with Crippen LogP contribution in [0.1, 0.15) is 78.6 Å². The molecule has 118 valence electrons. The van der Waals surface area contributed by atoms with Crippen molar-refractivity contribution >= 4 is 0 Å². The minimum absolute atomic E-state index is 0.743. The molecule has 1 N–H and O–H groups in total. The topological polar surface area (TPSA) is 15.3 Å². The van der Waals surface area contributed by atoms with Gasteiger partial charge < -0.3 is 5.32 Å². The summed E-state index contributed by atoms with van der Waals surface area (Å²) in [5.41, 5.74) is 0. The Bertz CT molecular complexity index is 266. The Kier molecular flexibility index (Phi) is 6.83. The van der Waals surface area contributed by atoms with Crippen molar-refractivity contribution in [2.45, 2.75) is 96.7 Å². The van der Waals surface area contributed by atoms with E-state index in [-0.39, 0.29) is 0 Å². The third-order valence-corrected chi connectivity index (χ3v) is 5.71. The number of rotatable bonds is 7. The maximum Gasteiger partial charge on any atom is 0.0197 e. The van der Waals surface area contributed by atoms with Crippen molar-refractivity contribution in [3.8, 4) is 0 Å². The molecule has 0 aromatic carbocycles. The van der Waals surface area contributed by atoms with Crippen LogP contribution >= 0.6 is 0 Å². The van der Waals surface area contributed by atoms with Gasteiger partial charge in [-0.25, -0.2) is 0 Å². The first-order valence-corrected chi connectivity index (χ1v) is 9.24. The Balaban J connectivity index is 1.83. The molecule has 0 aromatic rings. The lowest BCUT2D eigenvalue weighted by Crippen LogP contribution is -2.54. The summed E-state index contributed by atoms with van der Waals surface area (Å²) in [6.07, 6.45) is 12.7. The van der Waals surface area contributed by atoms with Crippen LogP contribution in [0.4, 0.5) is 0 Å². The van der Waals surface area contributed by atoms with Gasteiger partial charge in [0.25, 0.3) is 0 Å². The van der Waals surface area contributed by atoms with Gasteiger partial charge in [-0.15, -0.1) is 0 Å². The van der Waals surface area contributed by atoms with Crippen molar-refractivity contribution in [2.24, 2.45) is 5.92 Å². The van der Waals surface area contributed by atoms with Crippen molar-refractivity contribution in [3.63, 3.8) is 0 Å². The molecular formula is C18H36N2. The third kappa shape index (κ3) is 4.46. The molecule has 0 radical (unpaired) electrons. The van der Waals surface area contributed by atoms with E-state index < -0.39 is 0 Å². The maximum absolute atomic E-state index is 4.00. The molecular weight excluding hydrogens is 244 g/mol. The summed E-state index contributed by atoms with van der Waals surface area (Å²) < 4.78 is 0. The predicted octanol–water partition coefficient (Wildman–Crippen LogP) is 4.20. The first-order chi connectivity index (χ1) is 9.74. The molecule has 2 nitrogen and oxygen atoms in total. The summed E-state index contributed by atoms with van der Waals surface area (Å²) in [7, 11) is 0. The number of unbranched alkanes of at least 4 members (excludes halogenated alkanes) is 1. The molecule has 4 atom stereocenters. The predicted molar refractivity (Wildman–Crippen MR) is 88.1 cm³/mol. The van der Waals surface area contributed by atoms with Crippen LogP contribution in [0.5, 0.6) is 0 Å². The zero-order chi connectivity index (χ0) is 14.4. The Hall–Kier alpha value is -0.0800. The van der Waals surface area contributed by atoms with Crippen molar-refractivity contribution < 1.29 is 0 Å². The molecule has 0 bridgehead atoms. The molecule has 2 rings (SSSR count). The van der Waals surface area contributed by atoms with Crippen LogP contribution < -0.4 is 5.32 Å². The summed E-state index contributed by atoms with van der Waals surface area (Å²) in [6, 6.07) is 2.33. The van der Waals surface area contributed by atoms with Crippen LogP contribution in [0.2, 0.25) is 0 Å². The molecule has 2 fully saturated rings. The standard InChI is InChI=1S/C18H36N2/c1-4-6-13-20(15(3)5-2)14-17-12-11-16-9-7-8-10-18(16)19-17/h15-19H,4-14H2,1-3H3. The lowest BCUT2D eigenvalue weighted by molar-refractivity contribution is 0.123. The van der Waals surface area contributed by atoms with E-state index in [9.17, 15) is 0 Å². The van der Waals surface area contributed by atoms with Crippen LogP contribution in [-0.4, -0.2) is 36.1 Å². The van der Waals surface area contributed by atoms with E-state index in [4.69, 9.17) is 0 Å². The molecule has 20 heavy (non-hydrogen) atoms. The second-order valence-corrected chi connectivity index (χ2v) is 7.20. The van der Waals surface area contributed by atoms with Gasteiger partial charge in [-0.1, -0.05) is 33.1 Å². The first kappa shape index (κ1) is 16.3. The minimum Gasteiger partial charge on any atom is -0.310 e. The van der Waals surface area contributed by atoms with Crippen molar-refractivity contribution in [1.29, 1.82) is 0 Å². The van der Waals surface area contributed by atoms with Crippen molar-refractivity contribution in [1.82, 2.24) is 10.2 Å². The fourth-order valence-electron chi connectivity index (χ4n) is 4.11. The lowest BCUT2D eigenvalue weighted by Gasteiger charge is -2.42. The van der Waals surface area contributed by atoms with Crippen LogP contribution in [0.3, 0.4) is 0 Å². The highest BCUT2D eigenvalue weighted by molar-refractivity contribution is 4.90. The highest BCUT2D eigenvalue weighted by Crippen LogP contribution is 2.32. The van der Waals surface area contributed by atoms with E-state index in [1.807, 2.05) is 0 Å². The zero-order valence-corrected chi connectivity index (χ0v) is 14.0. The fourth-order valence-corrected chi connectivity index (χ4v) is 4.11. The van der Waals surface area contributed by atoms with Gasteiger partial charge >= 0.3 is 0 Å².